The molecule has 1 atom stereocenters. The fourth-order valence-electron chi connectivity index (χ4n) is 1.28. The van der Waals surface area contributed by atoms with E-state index in [1.54, 1.807) is 18.3 Å². The average molecular weight is 328 g/mol. The minimum atomic E-state index is -1.59. The summed E-state index contributed by atoms with van der Waals surface area (Å²) in [6.07, 6.45) is 3.87. The quantitative estimate of drug-likeness (QED) is 0.402. The normalized spacial score (nSPS) is 13.9. The summed E-state index contributed by atoms with van der Waals surface area (Å²) >= 11 is 17.4. The molecule has 0 spiro atoms. The zero-order valence-corrected chi connectivity index (χ0v) is 12.6. The second-order valence-corrected chi connectivity index (χ2v) is 7.32. The van der Waals surface area contributed by atoms with E-state index in [4.69, 9.17) is 40.1 Å². The molecule has 0 aromatic carbocycles. The van der Waals surface area contributed by atoms with E-state index in [1.165, 1.54) is 11.0 Å². The molecular formula is C10H11Cl3N3OS+. The SMILES string of the molecule is C[N+](C#N)=S(O)CCc1cccnc1C(Cl)(Cl)Cl. The molecule has 1 aromatic heterocycles. The third-order valence-corrected chi connectivity index (χ3v) is 3.99. The Balaban J connectivity index is 2.91. The van der Waals surface area contributed by atoms with E-state index in [2.05, 4.69) is 4.98 Å². The van der Waals surface area contributed by atoms with Gasteiger partial charge in [0.25, 0.3) is 0 Å². The molecule has 1 rings (SSSR count). The predicted octanol–water partition coefficient (Wildman–Crippen LogP) is 2.85. The topological polar surface area (TPSA) is 59.9 Å². The molecule has 0 fully saturated rings. The minimum absolute atomic E-state index is 0.353. The highest BCUT2D eigenvalue weighted by Crippen LogP contribution is 2.38. The highest BCUT2D eigenvalue weighted by atomic mass is 35.6. The number of hydrogen-bond acceptors (Lipinski definition) is 2. The highest BCUT2D eigenvalue weighted by molar-refractivity contribution is 7.79. The molecule has 1 aromatic rings. The van der Waals surface area contributed by atoms with E-state index in [9.17, 15) is 4.55 Å². The van der Waals surface area contributed by atoms with E-state index >= 15 is 0 Å². The summed E-state index contributed by atoms with van der Waals surface area (Å²) < 4.78 is 9.28. The number of aryl methyl sites for hydroxylation is 1. The van der Waals surface area contributed by atoms with Crippen LogP contribution >= 0.6 is 34.8 Å². The van der Waals surface area contributed by atoms with E-state index in [-0.39, 0.29) is 0 Å². The van der Waals surface area contributed by atoms with Crippen LogP contribution in [0.2, 0.25) is 0 Å². The second kappa shape index (κ2) is 6.69. The van der Waals surface area contributed by atoms with Gasteiger partial charge in [-0.2, -0.15) is 0 Å². The molecule has 1 heterocycles. The summed E-state index contributed by atoms with van der Waals surface area (Å²) in [5, 5.41) is 8.63. The van der Waals surface area contributed by atoms with Crippen molar-refractivity contribution in [3.63, 3.8) is 0 Å². The maximum atomic E-state index is 9.68. The number of pyridine rings is 1. The third-order valence-electron chi connectivity index (χ3n) is 2.17. The molecule has 1 unspecified atom stereocenters. The van der Waals surface area contributed by atoms with Crippen LogP contribution in [-0.4, -0.2) is 26.3 Å². The minimum Gasteiger partial charge on any atom is -0.306 e. The maximum Gasteiger partial charge on any atom is 0.467 e. The Morgan fingerprint density at radius 1 is 1.56 bits per heavy atom. The number of nitrogens with zero attached hydrogens (tertiary/aromatic N) is 3. The van der Waals surface area contributed by atoms with Crippen LogP contribution in [0.3, 0.4) is 0 Å². The van der Waals surface area contributed by atoms with Crippen LogP contribution in [0.15, 0.2) is 18.3 Å². The average Bonchev–Trinajstić information content (AvgIpc) is 2.34. The van der Waals surface area contributed by atoms with Gasteiger partial charge < -0.3 is 4.55 Å². The zero-order chi connectivity index (χ0) is 13.8. The van der Waals surface area contributed by atoms with Gasteiger partial charge in [0.2, 0.25) is 3.79 Å². The molecule has 98 valence electrons. The monoisotopic (exact) mass is 326 g/mol. The van der Waals surface area contributed by atoms with Crippen molar-refractivity contribution in [1.29, 1.82) is 5.26 Å². The second-order valence-electron chi connectivity index (χ2n) is 3.40. The van der Waals surface area contributed by atoms with Gasteiger partial charge in [0.15, 0.2) is 5.26 Å². The standard InChI is InChI=1S/C10H10Cl3N3OS/c1-16(7-14)18(17)6-4-8-3-2-5-15-9(8)10(11,12)13/h2-3,5H,4,6H2,1H3/p+1. The summed E-state index contributed by atoms with van der Waals surface area (Å²) in [6, 6.07) is 3.52. The predicted molar refractivity (Wildman–Crippen MR) is 73.8 cm³/mol. The Morgan fingerprint density at radius 2 is 2.22 bits per heavy atom. The number of nitriles is 1. The van der Waals surface area contributed by atoms with E-state index < -0.39 is 14.8 Å². The first-order valence-corrected chi connectivity index (χ1v) is 7.35. The van der Waals surface area contributed by atoms with E-state index in [0.29, 0.717) is 17.9 Å². The third kappa shape index (κ3) is 4.38. The van der Waals surface area contributed by atoms with Crippen LogP contribution < -0.4 is 0 Å². The van der Waals surface area contributed by atoms with Crippen molar-refractivity contribution in [2.45, 2.75) is 10.2 Å². The Labute approximate surface area is 123 Å². The number of alkyl halides is 3. The summed E-state index contributed by atoms with van der Waals surface area (Å²) in [5.41, 5.74) is 1.10. The molecule has 18 heavy (non-hydrogen) atoms. The molecule has 0 radical (unpaired) electrons. The van der Waals surface area contributed by atoms with Crippen LogP contribution in [-0.2, 0) is 21.2 Å². The number of halogens is 3. The fraction of sp³-hybridized carbons (Fsp3) is 0.400. The lowest BCUT2D eigenvalue weighted by Crippen LogP contribution is -2.14. The Hall–Kier alpha value is -0.380. The lowest BCUT2D eigenvalue weighted by molar-refractivity contribution is -0.378. The summed E-state index contributed by atoms with van der Waals surface area (Å²) in [4.78, 5) is 4.04. The molecule has 0 aliphatic heterocycles. The van der Waals surface area contributed by atoms with Crippen molar-refractivity contribution >= 4 is 45.8 Å². The van der Waals surface area contributed by atoms with Crippen LogP contribution in [0.4, 0.5) is 0 Å². The summed E-state index contributed by atoms with van der Waals surface area (Å²) in [7, 11) is 0.381. The highest BCUT2D eigenvalue weighted by Gasteiger charge is 2.27. The van der Waals surface area contributed by atoms with Gasteiger partial charge in [-0.1, -0.05) is 40.9 Å². The largest absolute Gasteiger partial charge is 0.467 e. The Morgan fingerprint density at radius 3 is 2.78 bits per heavy atom. The van der Waals surface area contributed by atoms with E-state index in [1.807, 2.05) is 6.19 Å². The number of hydrogen-bond donors (Lipinski definition) is 1. The lowest BCUT2D eigenvalue weighted by Gasteiger charge is -2.14. The van der Waals surface area contributed by atoms with Gasteiger partial charge in [0.05, 0.1) is 18.5 Å². The van der Waals surface area contributed by atoms with Gasteiger partial charge in [-0.05, 0) is 18.1 Å². The molecule has 8 heteroatoms. The van der Waals surface area contributed by atoms with Crippen molar-refractivity contribution in [2.24, 2.45) is 0 Å². The summed E-state index contributed by atoms with van der Waals surface area (Å²) in [5.74, 6) is 0.378. The maximum absolute atomic E-state index is 9.68. The first kappa shape index (κ1) is 15.7. The fourth-order valence-corrected chi connectivity index (χ4v) is 2.56. The van der Waals surface area contributed by atoms with Crippen molar-refractivity contribution in [3.05, 3.63) is 29.6 Å². The molecule has 0 amide bonds. The molecular weight excluding hydrogens is 317 g/mol. The molecule has 1 N–H and O–H groups in total. The van der Waals surface area contributed by atoms with Gasteiger partial charge in [-0.15, -0.1) is 3.95 Å². The van der Waals surface area contributed by atoms with Gasteiger partial charge in [0, 0.05) is 6.20 Å². The number of aromatic nitrogens is 1. The van der Waals surface area contributed by atoms with Crippen molar-refractivity contribution in [2.75, 3.05) is 12.8 Å². The van der Waals surface area contributed by atoms with Gasteiger partial charge in [0.1, 0.15) is 11.0 Å². The Kier molecular flexibility index (Phi) is 5.83. The lowest BCUT2D eigenvalue weighted by atomic mass is 10.1. The van der Waals surface area contributed by atoms with Crippen molar-refractivity contribution < 1.29 is 8.50 Å². The zero-order valence-electron chi connectivity index (χ0n) is 9.48. The first-order chi connectivity index (χ1) is 8.36. The Bertz CT molecular complexity index is 508. The van der Waals surface area contributed by atoms with E-state index in [0.717, 1.165) is 5.56 Å². The van der Waals surface area contributed by atoms with Crippen molar-refractivity contribution in [3.8, 4) is 6.19 Å². The van der Waals surface area contributed by atoms with Crippen LogP contribution in [0.5, 0.6) is 0 Å². The molecule has 0 bridgehead atoms. The number of rotatable bonds is 3. The smallest absolute Gasteiger partial charge is 0.306 e. The molecule has 4 nitrogen and oxygen atoms in total. The van der Waals surface area contributed by atoms with Gasteiger partial charge in [-0.3, -0.25) is 4.98 Å². The van der Waals surface area contributed by atoms with Gasteiger partial charge >= 0.3 is 6.19 Å². The van der Waals surface area contributed by atoms with Crippen LogP contribution in [0.1, 0.15) is 11.3 Å². The first-order valence-electron chi connectivity index (χ1n) is 4.91. The van der Waals surface area contributed by atoms with Crippen LogP contribution in [0.25, 0.3) is 0 Å². The summed E-state index contributed by atoms with van der Waals surface area (Å²) in [6.45, 7) is 0. The van der Waals surface area contributed by atoms with Crippen molar-refractivity contribution in [1.82, 2.24) is 4.98 Å². The molecule has 0 aliphatic rings. The molecule has 0 saturated carbocycles. The molecule has 0 saturated heterocycles. The molecule has 0 aliphatic carbocycles. The van der Waals surface area contributed by atoms with Gasteiger partial charge in [-0.25, -0.2) is 0 Å². The van der Waals surface area contributed by atoms with Crippen LogP contribution in [0, 0.1) is 11.5 Å².